The summed E-state index contributed by atoms with van der Waals surface area (Å²) >= 11 is 13.1. The molecule has 0 saturated carbocycles. The van der Waals surface area contributed by atoms with Crippen LogP contribution in [0.5, 0.6) is 0 Å². The minimum Gasteiger partial charge on any atom is -0.407 e. The molecule has 28 heavy (non-hydrogen) atoms. The van der Waals surface area contributed by atoms with Gasteiger partial charge in [0.1, 0.15) is 0 Å². The van der Waals surface area contributed by atoms with Gasteiger partial charge in [-0.1, -0.05) is 29.3 Å². The fourth-order valence-electron chi connectivity index (χ4n) is 2.34. The van der Waals surface area contributed by atoms with Crippen LogP contribution in [-0.2, 0) is 9.84 Å². The van der Waals surface area contributed by atoms with Crippen molar-refractivity contribution in [2.75, 3.05) is 5.32 Å². The highest BCUT2D eigenvalue weighted by Crippen LogP contribution is 2.37. The van der Waals surface area contributed by atoms with Gasteiger partial charge in [-0.25, -0.2) is 8.42 Å². The van der Waals surface area contributed by atoms with E-state index in [1.165, 1.54) is 24.5 Å². The fourth-order valence-corrected chi connectivity index (χ4v) is 4.85. The molecule has 2 aromatic heterocycles. The average Bonchev–Trinajstić information content (AvgIpc) is 3.23. The van der Waals surface area contributed by atoms with E-state index in [2.05, 4.69) is 20.5 Å². The minimum absolute atomic E-state index is 0.0564. The van der Waals surface area contributed by atoms with Crippen LogP contribution in [0, 0.1) is 0 Å². The average molecular weight is 455 g/mol. The molecule has 4 rings (SSSR count). The van der Waals surface area contributed by atoms with Gasteiger partial charge in [-0.3, -0.25) is 9.78 Å². The van der Waals surface area contributed by atoms with E-state index in [0.29, 0.717) is 20.5 Å². The normalized spacial score (nSPS) is 14.1. The van der Waals surface area contributed by atoms with Crippen molar-refractivity contribution in [1.82, 2.24) is 15.2 Å². The van der Waals surface area contributed by atoms with Gasteiger partial charge in [0.2, 0.25) is 9.84 Å². The maximum atomic E-state index is 12.3. The number of hydrogen-bond acceptors (Lipinski definition) is 8. The lowest BCUT2D eigenvalue weighted by atomic mass is 10.2. The Labute approximate surface area is 172 Å². The highest BCUT2D eigenvalue weighted by molar-refractivity contribution is 7.99. The SMILES string of the molecule is O=C(Nc1ccc2c(c1)S(=O)(=O)C=C2)c1nnc(Sc2c(Cl)cncc2Cl)o1. The molecule has 0 radical (unpaired) electrons. The second kappa shape index (κ2) is 7.21. The molecular weight excluding hydrogens is 447 g/mol. The fraction of sp³-hybridized carbons (Fsp3) is 0. The molecule has 0 unspecified atom stereocenters. The van der Waals surface area contributed by atoms with Crippen LogP contribution in [0.15, 0.2) is 55.4 Å². The van der Waals surface area contributed by atoms with E-state index < -0.39 is 15.7 Å². The molecule has 1 aliphatic rings. The summed E-state index contributed by atoms with van der Waals surface area (Å²) in [5.74, 6) is -0.986. The molecule has 0 atom stereocenters. The molecule has 1 aromatic carbocycles. The van der Waals surface area contributed by atoms with Gasteiger partial charge >= 0.3 is 11.8 Å². The van der Waals surface area contributed by atoms with Crippen molar-refractivity contribution in [3.05, 3.63) is 57.5 Å². The van der Waals surface area contributed by atoms with Gasteiger partial charge in [0.05, 0.1) is 19.8 Å². The van der Waals surface area contributed by atoms with Crippen LogP contribution in [0.4, 0.5) is 5.69 Å². The smallest absolute Gasteiger partial charge is 0.313 e. The van der Waals surface area contributed by atoms with Crippen molar-refractivity contribution in [1.29, 1.82) is 0 Å². The van der Waals surface area contributed by atoms with E-state index in [-0.39, 0.29) is 21.7 Å². The number of carbonyl (C=O) groups excluding carboxylic acids is 1. The van der Waals surface area contributed by atoms with Crippen LogP contribution in [0.3, 0.4) is 0 Å². The molecule has 0 saturated heterocycles. The molecule has 3 heterocycles. The highest BCUT2D eigenvalue weighted by Gasteiger charge is 2.22. The Morgan fingerprint density at radius 3 is 2.64 bits per heavy atom. The van der Waals surface area contributed by atoms with E-state index >= 15 is 0 Å². The molecule has 142 valence electrons. The Bertz CT molecular complexity index is 1220. The van der Waals surface area contributed by atoms with E-state index in [0.717, 1.165) is 17.2 Å². The topological polar surface area (TPSA) is 115 Å². The Morgan fingerprint density at radius 1 is 1.14 bits per heavy atom. The maximum Gasteiger partial charge on any atom is 0.313 e. The number of sulfone groups is 1. The molecule has 12 heteroatoms. The second-order valence-electron chi connectivity index (χ2n) is 5.46. The van der Waals surface area contributed by atoms with E-state index in [9.17, 15) is 13.2 Å². The predicted octanol–water partition coefficient (Wildman–Crippen LogP) is 3.93. The molecule has 3 aromatic rings. The standard InChI is InChI=1S/C16H8Cl2N4O4S2/c17-10-6-19-7-11(18)13(10)27-16-22-21-15(26-16)14(23)20-9-2-1-8-3-4-28(24,25)12(8)5-9/h1-7H,(H,20,23). The highest BCUT2D eigenvalue weighted by atomic mass is 35.5. The zero-order valence-corrected chi connectivity index (χ0v) is 16.7. The number of hydrogen-bond donors (Lipinski definition) is 1. The van der Waals surface area contributed by atoms with Gasteiger partial charge in [-0.05, 0) is 35.5 Å². The van der Waals surface area contributed by atoms with Crippen LogP contribution >= 0.6 is 35.0 Å². The van der Waals surface area contributed by atoms with Crippen molar-refractivity contribution in [2.45, 2.75) is 15.0 Å². The third kappa shape index (κ3) is 3.63. The lowest BCUT2D eigenvalue weighted by Crippen LogP contribution is -2.12. The molecule has 0 bridgehead atoms. The number of anilines is 1. The van der Waals surface area contributed by atoms with Gasteiger partial charge < -0.3 is 9.73 Å². The summed E-state index contributed by atoms with van der Waals surface area (Å²) in [6, 6.07) is 4.53. The molecule has 1 N–H and O–H groups in total. The van der Waals surface area contributed by atoms with Crippen LogP contribution in [0.2, 0.25) is 10.0 Å². The molecule has 1 aliphatic heterocycles. The van der Waals surface area contributed by atoms with Crippen LogP contribution < -0.4 is 5.32 Å². The molecule has 1 amide bonds. The third-order valence-corrected chi connectivity index (χ3v) is 6.85. The number of carbonyl (C=O) groups is 1. The number of nitrogens with one attached hydrogen (secondary N) is 1. The first kappa shape index (κ1) is 18.9. The summed E-state index contributed by atoms with van der Waals surface area (Å²) in [5, 5.41) is 11.8. The van der Waals surface area contributed by atoms with Gasteiger partial charge in [-0.2, -0.15) is 0 Å². The summed E-state index contributed by atoms with van der Waals surface area (Å²) in [4.78, 5) is 16.8. The van der Waals surface area contributed by atoms with Crippen molar-refractivity contribution in [3.63, 3.8) is 0 Å². The Balaban J connectivity index is 1.52. The lowest BCUT2D eigenvalue weighted by molar-refractivity contribution is 0.0985. The molecule has 0 aliphatic carbocycles. The number of aromatic nitrogens is 3. The first-order chi connectivity index (χ1) is 13.3. The summed E-state index contributed by atoms with van der Waals surface area (Å²) in [6.45, 7) is 0. The largest absolute Gasteiger partial charge is 0.407 e. The van der Waals surface area contributed by atoms with Crippen LogP contribution in [-0.4, -0.2) is 29.5 Å². The molecule has 8 nitrogen and oxygen atoms in total. The third-order valence-electron chi connectivity index (χ3n) is 3.60. The van der Waals surface area contributed by atoms with Crippen molar-refractivity contribution in [2.24, 2.45) is 0 Å². The van der Waals surface area contributed by atoms with Crippen molar-refractivity contribution in [3.8, 4) is 0 Å². The Kier molecular flexibility index (Phi) is 4.88. The first-order valence-electron chi connectivity index (χ1n) is 7.52. The maximum absolute atomic E-state index is 12.3. The number of amides is 1. The predicted molar refractivity (Wildman–Crippen MR) is 103 cm³/mol. The van der Waals surface area contributed by atoms with Crippen molar-refractivity contribution < 1.29 is 17.6 Å². The van der Waals surface area contributed by atoms with Crippen molar-refractivity contribution >= 4 is 62.5 Å². The number of rotatable bonds is 4. The Morgan fingerprint density at radius 2 is 1.89 bits per heavy atom. The van der Waals surface area contributed by atoms with E-state index in [1.54, 1.807) is 12.1 Å². The van der Waals surface area contributed by atoms with Gasteiger partial charge in [0.15, 0.2) is 0 Å². The number of halogens is 2. The summed E-state index contributed by atoms with van der Waals surface area (Å²) in [6.07, 6.45) is 4.32. The van der Waals surface area contributed by atoms with E-state index in [1.807, 2.05) is 0 Å². The summed E-state index contributed by atoms with van der Waals surface area (Å²) in [5.41, 5.74) is 0.837. The molecule has 0 spiro atoms. The van der Waals surface area contributed by atoms with Gasteiger partial charge in [0.25, 0.3) is 5.22 Å². The van der Waals surface area contributed by atoms with Crippen LogP contribution in [0.1, 0.15) is 16.2 Å². The molecular formula is C16H8Cl2N4O4S2. The number of pyridine rings is 1. The quantitative estimate of drug-likeness (QED) is 0.629. The summed E-state index contributed by atoms with van der Waals surface area (Å²) < 4.78 is 29.2. The summed E-state index contributed by atoms with van der Waals surface area (Å²) in [7, 11) is -3.48. The van der Waals surface area contributed by atoms with E-state index in [4.69, 9.17) is 27.6 Å². The Hall–Kier alpha value is -2.40. The number of fused-ring (bicyclic) bond motifs is 1. The zero-order valence-electron chi connectivity index (χ0n) is 13.6. The monoisotopic (exact) mass is 454 g/mol. The second-order valence-corrected chi connectivity index (χ2v) is 9.04. The van der Waals surface area contributed by atoms with Gasteiger partial charge in [0, 0.05) is 23.5 Å². The number of nitrogens with zero attached hydrogens (tertiary/aromatic N) is 3. The lowest BCUT2D eigenvalue weighted by Gasteiger charge is -2.05. The minimum atomic E-state index is -3.48. The first-order valence-corrected chi connectivity index (χ1v) is 10.6. The van der Waals surface area contributed by atoms with Gasteiger partial charge in [-0.15, -0.1) is 10.2 Å². The zero-order chi connectivity index (χ0) is 19.9. The number of benzene rings is 1. The molecule has 0 fully saturated rings. The van der Waals surface area contributed by atoms with Crippen LogP contribution in [0.25, 0.3) is 6.08 Å².